The summed E-state index contributed by atoms with van der Waals surface area (Å²) in [5.74, 6) is 5.50. The summed E-state index contributed by atoms with van der Waals surface area (Å²) < 4.78 is 74.1. The number of nitrogens with one attached hydrogen (secondary N) is 1. The molecule has 0 bridgehead atoms. The summed E-state index contributed by atoms with van der Waals surface area (Å²) in [6, 6.07) is 5.89. The predicted octanol–water partition coefficient (Wildman–Crippen LogP) is -0.233. The van der Waals surface area contributed by atoms with Crippen molar-refractivity contribution in [2.75, 3.05) is 18.9 Å². The molecule has 0 unspecified atom stereocenters. The van der Waals surface area contributed by atoms with E-state index < -0.39 is 54.1 Å². The third-order valence-electron chi connectivity index (χ3n) is 5.35. The van der Waals surface area contributed by atoms with Crippen LogP contribution in [-0.4, -0.2) is 70.8 Å². The Balaban J connectivity index is 1.69. The number of ether oxygens (including phenoxy) is 2. The van der Waals surface area contributed by atoms with E-state index in [1.54, 1.807) is 6.07 Å². The van der Waals surface area contributed by atoms with Crippen LogP contribution in [0.3, 0.4) is 0 Å². The van der Waals surface area contributed by atoms with Crippen LogP contribution in [0.25, 0.3) is 11.0 Å². The first-order chi connectivity index (χ1) is 17.3. The number of aliphatic hydroxyl groups excluding tert-OH is 2. The highest BCUT2D eigenvalue weighted by atomic mass is 32.2. The lowest BCUT2D eigenvalue weighted by Crippen LogP contribution is -2.42. The van der Waals surface area contributed by atoms with Crippen molar-refractivity contribution in [2.24, 2.45) is 5.14 Å². The van der Waals surface area contributed by atoms with Gasteiger partial charge in [-0.25, -0.2) is 15.1 Å². The number of benzene rings is 1. The van der Waals surface area contributed by atoms with E-state index in [0.717, 1.165) is 6.33 Å². The number of aliphatic hydroxyl groups is 2. The molecule has 198 valence electrons. The monoisotopic (exact) mass is 542 g/mol. The van der Waals surface area contributed by atoms with Gasteiger partial charge in [-0.05, 0) is 12.1 Å². The van der Waals surface area contributed by atoms with E-state index in [0.29, 0.717) is 0 Å². The molecule has 1 saturated heterocycles. The van der Waals surface area contributed by atoms with Crippen LogP contribution in [0.4, 0.5) is 19.0 Å². The van der Waals surface area contributed by atoms with Gasteiger partial charge in [0.2, 0.25) is 0 Å². The first-order valence-corrected chi connectivity index (χ1v) is 12.1. The van der Waals surface area contributed by atoms with Gasteiger partial charge in [0.15, 0.2) is 12.8 Å². The van der Waals surface area contributed by atoms with Crippen LogP contribution >= 0.6 is 0 Å². The Labute approximate surface area is 208 Å². The van der Waals surface area contributed by atoms with E-state index in [2.05, 4.69) is 21.8 Å². The summed E-state index contributed by atoms with van der Waals surface area (Å²) in [6.07, 6.45) is -7.33. The molecule has 0 aliphatic carbocycles. The summed E-state index contributed by atoms with van der Waals surface area (Å²) in [6.45, 7) is -1.90. The molecule has 7 N–H and O–H groups in total. The van der Waals surface area contributed by atoms with Crippen molar-refractivity contribution in [3.63, 3.8) is 0 Å². The molecule has 0 saturated carbocycles. The van der Waals surface area contributed by atoms with Crippen LogP contribution in [0.5, 0.6) is 5.75 Å². The number of halogens is 3. The quantitative estimate of drug-likeness (QED) is 0.262. The average Bonchev–Trinajstić information content (AvgIpc) is 3.32. The molecule has 16 heteroatoms. The second kappa shape index (κ2) is 10.1. The van der Waals surface area contributed by atoms with E-state index in [1.807, 2.05) is 4.72 Å². The van der Waals surface area contributed by atoms with Gasteiger partial charge in [-0.1, -0.05) is 24.0 Å². The Bertz CT molecular complexity index is 1470. The van der Waals surface area contributed by atoms with Crippen molar-refractivity contribution < 1.29 is 41.3 Å². The van der Waals surface area contributed by atoms with Crippen molar-refractivity contribution in [1.29, 1.82) is 0 Å². The number of rotatable bonds is 6. The molecular weight excluding hydrogens is 521 g/mol. The first kappa shape index (κ1) is 26.6. The zero-order chi connectivity index (χ0) is 27.0. The van der Waals surface area contributed by atoms with Crippen LogP contribution in [-0.2, 0) is 14.9 Å². The Morgan fingerprint density at radius 2 is 1.86 bits per heavy atom. The molecule has 12 nitrogen and oxygen atoms in total. The fourth-order valence-electron chi connectivity index (χ4n) is 3.71. The highest BCUT2D eigenvalue weighted by molar-refractivity contribution is 7.87. The van der Waals surface area contributed by atoms with Gasteiger partial charge in [0.1, 0.15) is 41.9 Å². The molecular formula is C21H21F3N6O6S. The first-order valence-electron chi connectivity index (χ1n) is 10.5. The van der Waals surface area contributed by atoms with Crippen LogP contribution < -0.4 is 20.3 Å². The fraction of sp³-hybridized carbons (Fsp3) is 0.333. The predicted molar refractivity (Wildman–Crippen MR) is 123 cm³/mol. The van der Waals surface area contributed by atoms with E-state index in [9.17, 15) is 31.8 Å². The summed E-state index contributed by atoms with van der Waals surface area (Å²) in [4.78, 5) is 8.09. The van der Waals surface area contributed by atoms with Crippen molar-refractivity contribution in [3.05, 3.63) is 47.9 Å². The lowest BCUT2D eigenvalue weighted by Gasteiger charge is -2.17. The highest BCUT2D eigenvalue weighted by Gasteiger charge is 2.44. The summed E-state index contributed by atoms with van der Waals surface area (Å²) in [5.41, 5.74) is 6.62. The third-order valence-corrected chi connectivity index (χ3v) is 5.92. The average molecular weight is 542 g/mol. The van der Waals surface area contributed by atoms with Crippen LogP contribution in [0, 0.1) is 11.8 Å². The molecule has 37 heavy (non-hydrogen) atoms. The molecule has 4 rings (SSSR count). The Morgan fingerprint density at radius 1 is 1.16 bits per heavy atom. The maximum atomic E-state index is 12.6. The topological polar surface area (TPSA) is 188 Å². The summed E-state index contributed by atoms with van der Waals surface area (Å²) >= 11 is 0. The minimum Gasteiger partial charge on any atom is -0.483 e. The van der Waals surface area contributed by atoms with Gasteiger partial charge >= 0.3 is 6.18 Å². The Kier molecular flexibility index (Phi) is 7.28. The zero-order valence-corrected chi connectivity index (χ0v) is 19.6. The fourth-order valence-corrected chi connectivity index (χ4v) is 4.11. The van der Waals surface area contributed by atoms with Gasteiger partial charge in [-0.3, -0.25) is 0 Å². The normalized spacial score (nSPS) is 22.1. The summed E-state index contributed by atoms with van der Waals surface area (Å²) in [7, 11) is -4.08. The van der Waals surface area contributed by atoms with E-state index in [4.69, 9.17) is 20.3 Å². The number of anilines is 1. The van der Waals surface area contributed by atoms with Crippen molar-refractivity contribution in [1.82, 2.24) is 19.3 Å². The van der Waals surface area contributed by atoms with Gasteiger partial charge in [-0.2, -0.15) is 26.3 Å². The lowest BCUT2D eigenvalue weighted by atomic mass is 10.1. The number of nitrogens with two attached hydrogens (primary N) is 2. The standard InChI is InChI=1S/C21H21F3N6O6S/c22-21(23,24)9-35-13-4-2-1-3-11(13)5-6-12-8-30(19-15(12)18(25)27-10-28-19)20-17(32)16(31)14(36-20)7-29-37(26,33)34/h1-4,8,10,14,16-17,20,29,31-32H,7,9H2,(H2,25,27,28)(H2,26,33,34)/t14-,16-,17-,20-/m1/s1. The lowest BCUT2D eigenvalue weighted by molar-refractivity contribution is -0.153. The third kappa shape index (κ3) is 6.10. The number of para-hydroxylation sites is 1. The van der Waals surface area contributed by atoms with Gasteiger partial charge in [0, 0.05) is 12.7 Å². The number of nitrogens with zero attached hydrogens (tertiary/aromatic N) is 3. The second-order valence-electron chi connectivity index (χ2n) is 8.00. The van der Waals surface area contributed by atoms with E-state index >= 15 is 0 Å². The zero-order valence-electron chi connectivity index (χ0n) is 18.8. The Morgan fingerprint density at radius 3 is 2.57 bits per heavy atom. The minimum atomic E-state index is -4.53. The highest BCUT2D eigenvalue weighted by Crippen LogP contribution is 2.34. The summed E-state index contributed by atoms with van der Waals surface area (Å²) in [5, 5.41) is 26.1. The molecule has 3 heterocycles. The van der Waals surface area contributed by atoms with Crippen LogP contribution in [0.1, 0.15) is 17.4 Å². The largest absolute Gasteiger partial charge is 0.483 e. The second-order valence-corrected chi connectivity index (χ2v) is 9.38. The van der Waals surface area contributed by atoms with Gasteiger partial charge < -0.3 is 30.0 Å². The number of fused-ring (bicyclic) bond motifs is 1. The van der Waals surface area contributed by atoms with Gasteiger partial charge in [0.05, 0.1) is 16.5 Å². The number of alkyl halides is 3. The number of aromatic nitrogens is 3. The SMILES string of the molecule is Nc1ncnc2c1c(C#Cc1ccccc1OCC(F)(F)F)cn2[C@@H]1O[C@H](CNS(N)(=O)=O)[C@@H](O)[C@H]1O. The molecule has 0 radical (unpaired) electrons. The molecule has 1 aromatic carbocycles. The maximum Gasteiger partial charge on any atom is 0.422 e. The molecule has 4 atom stereocenters. The number of nitrogen functional groups attached to an aromatic ring is 1. The van der Waals surface area contributed by atoms with E-state index in [1.165, 1.54) is 29.0 Å². The number of hydrogen-bond acceptors (Lipinski definition) is 9. The molecule has 0 spiro atoms. The van der Waals surface area contributed by atoms with E-state index in [-0.39, 0.29) is 33.7 Å². The molecule has 3 aromatic rings. The smallest absolute Gasteiger partial charge is 0.422 e. The molecule has 2 aromatic heterocycles. The number of hydrogen-bond donors (Lipinski definition) is 5. The van der Waals surface area contributed by atoms with Crippen molar-refractivity contribution in [2.45, 2.75) is 30.7 Å². The molecule has 1 aliphatic heterocycles. The van der Waals surface area contributed by atoms with Crippen molar-refractivity contribution >= 4 is 27.1 Å². The van der Waals surface area contributed by atoms with Crippen LogP contribution in [0.2, 0.25) is 0 Å². The minimum absolute atomic E-state index is 0.0233. The maximum absolute atomic E-state index is 12.6. The Hall–Kier alpha value is -3.46. The molecule has 0 amide bonds. The van der Waals surface area contributed by atoms with Gasteiger partial charge in [-0.15, -0.1) is 0 Å². The van der Waals surface area contributed by atoms with Crippen LogP contribution in [0.15, 0.2) is 36.8 Å². The van der Waals surface area contributed by atoms with Gasteiger partial charge in [0.25, 0.3) is 10.2 Å². The van der Waals surface area contributed by atoms with Crippen molar-refractivity contribution in [3.8, 4) is 17.6 Å². The molecule has 1 fully saturated rings. The molecule has 1 aliphatic rings.